The molecule has 1 N–H and O–H groups in total. The number of fused-ring (bicyclic) bond motifs is 1. The first-order valence-corrected chi connectivity index (χ1v) is 9.59. The van der Waals surface area contributed by atoms with E-state index in [0.29, 0.717) is 21.8 Å². The van der Waals surface area contributed by atoms with Crippen molar-refractivity contribution in [3.8, 4) is 0 Å². The predicted molar refractivity (Wildman–Crippen MR) is 100 cm³/mol. The van der Waals surface area contributed by atoms with Crippen LogP contribution < -0.4 is 10.9 Å². The molecule has 0 aliphatic heterocycles. The van der Waals surface area contributed by atoms with Gasteiger partial charge in [0.15, 0.2) is 5.16 Å². The fourth-order valence-corrected chi connectivity index (χ4v) is 3.78. The van der Waals surface area contributed by atoms with Crippen LogP contribution in [-0.2, 0) is 4.79 Å². The third-order valence-electron chi connectivity index (χ3n) is 4.37. The summed E-state index contributed by atoms with van der Waals surface area (Å²) in [5.41, 5.74) is 0.645. The number of carbonyl (C=O) groups excluding carboxylic acids is 1. The molecule has 2 aromatic heterocycles. The van der Waals surface area contributed by atoms with Crippen molar-refractivity contribution in [1.82, 2.24) is 14.9 Å². The number of nitrogens with one attached hydrogen (secondary N) is 1. The third kappa shape index (κ3) is 3.39. The molecular weight excluding hydrogens is 350 g/mol. The van der Waals surface area contributed by atoms with Crippen molar-refractivity contribution in [2.45, 2.75) is 37.0 Å². The molecule has 4 rings (SSSR count). The summed E-state index contributed by atoms with van der Waals surface area (Å²) >= 11 is 1.30. The average Bonchev–Trinajstić information content (AvgIpc) is 3.31. The Morgan fingerprint density at radius 3 is 2.88 bits per heavy atom. The number of carbonyl (C=O) groups is 1. The Kier molecular flexibility index (Phi) is 4.55. The molecule has 0 bridgehead atoms. The van der Waals surface area contributed by atoms with Crippen molar-refractivity contribution < 1.29 is 9.21 Å². The molecule has 7 heteroatoms. The van der Waals surface area contributed by atoms with Crippen molar-refractivity contribution in [3.05, 3.63) is 58.8 Å². The molecule has 0 spiro atoms. The van der Waals surface area contributed by atoms with Crippen LogP contribution in [0.5, 0.6) is 0 Å². The summed E-state index contributed by atoms with van der Waals surface area (Å²) in [4.78, 5) is 29.7. The van der Waals surface area contributed by atoms with Crippen molar-refractivity contribution in [2.24, 2.45) is 0 Å². The Balaban J connectivity index is 1.52. The summed E-state index contributed by atoms with van der Waals surface area (Å²) in [7, 11) is 0. The lowest BCUT2D eigenvalue weighted by atomic mass is 10.2. The largest absolute Gasteiger partial charge is 0.467 e. The Hall–Kier alpha value is -2.54. The number of amides is 1. The van der Waals surface area contributed by atoms with Crippen LogP contribution >= 0.6 is 11.8 Å². The molecule has 1 amide bonds. The molecule has 1 atom stereocenters. The van der Waals surface area contributed by atoms with Gasteiger partial charge in [0, 0.05) is 6.04 Å². The highest BCUT2D eigenvalue weighted by atomic mass is 32.2. The van der Waals surface area contributed by atoms with Crippen LogP contribution in [-0.4, -0.2) is 21.2 Å². The number of thioether (sulfide) groups is 1. The standard InChI is InChI=1S/C19H19N3O3S/c1-12(16-7-4-10-25-16)20-17(23)11-26-19-21-15-6-3-2-5-14(15)18(24)22(19)13-8-9-13/h2-7,10,12-13H,8-9,11H2,1H3,(H,20,23)/t12-/m0/s1. The highest BCUT2D eigenvalue weighted by Gasteiger charge is 2.28. The van der Waals surface area contributed by atoms with Crippen LogP contribution in [0.1, 0.15) is 37.6 Å². The van der Waals surface area contributed by atoms with E-state index in [0.717, 1.165) is 12.8 Å². The topological polar surface area (TPSA) is 77.1 Å². The van der Waals surface area contributed by atoms with Crippen LogP contribution in [0.15, 0.2) is 57.0 Å². The molecule has 134 valence electrons. The van der Waals surface area contributed by atoms with Gasteiger partial charge in [0.05, 0.1) is 29.0 Å². The maximum absolute atomic E-state index is 12.8. The molecule has 1 aromatic carbocycles. The lowest BCUT2D eigenvalue weighted by molar-refractivity contribution is -0.119. The van der Waals surface area contributed by atoms with Gasteiger partial charge in [-0.1, -0.05) is 23.9 Å². The molecule has 26 heavy (non-hydrogen) atoms. The molecule has 1 aliphatic rings. The molecule has 3 aromatic rings. The van der Waals surface area contributed by atoms with Crippen LogP contribution in [0.25, 0.3) is 10.9 Å². The van der Waals surface area contributed by atoms with Crippen LogP contribution in [0.3, 0.4) is 0 Å². The second-order valence-electron chi connectivity index (χ2n) is 6.41. The number of benzene rings is 1. The van der Waals surface area contributed by atoms with Crippen molar-refractivity contribution in [2.75, 3.05) is 5.75 Å². The Bertz CT molecular complexity index is 993. The maximum atomic E-state index is 12.8. The van der Waals surface area contributed by atoms with E-state index >= 15 is 0 Å². The molecule has 1 fully saturated rings. The molecule has 1 saturated carbocycles. The minimum Gasteiger partial charge on any atom is -0.467 e. The van der Waals surface area contributed by atoms with Crippen molar-refractivity contribution in [3.63, 3.8) is 0 Å². The zero-order valence-corrected chi connectivity index (χ0v) is 15.2. The molecule has 6 nitrogen and oxygen atoms in total. The number of para-hydroxylation sites is 1. The first-order chi connectivity index (χ1) is 12.6. The molecule has 1 aliphatic carbocycles. The zero-order chi connectivity index (χ0) is 18.1. The maximum Gasteiger partial charge on any atom is 0.262 e. The number of rotatable bonds is 6. The summed E-state index contributed by atoms with van der Waals surface area (Å²) in [6, 6.07) is 11.0. The normalized spacial score (nSPS) is 15.1. The van der Waals surface area contributed by atoms with Gasteiger partial charge in [-0.05, 0) is 44.0 Å². The van der Waals surface area contributed by atoms with Gasteiger partial charge in [-0.25, -0.2) is 4.98 Å². The number of hydrogen-bond donors (Lipinski definition) is 1. The Labute approximate surface area is 154 Å². The molecule has 2 heterocycles. The summed E-state index contributed by atoms with van der Waals surface area (Å²) in [6.07, 6.45) is 3.55. The molecule has 0 radical (unpaired) electrons. The van der Waals surface area contributed by atoms with Gasteiger partial charge < -0.3 is 9.73 Å². The lowest BCUT2D eigenvalue weighted by Gasteiger charge is -2.14. The minimum atomic E-state index is -0.201. The van der Waals surface area contributed by atoms with E-state index in [1.54, 1.807) is 23.0 Å². The zero-order valence-electron chi connectivity index (χ0n) is 14.3. The van der Waals surface area contributed by atoms with Gasteiger partial charge in [0.2, 0.25) is 5.91 Å². The average molecular weight is 369 g/mol. The molecule has 0 unspecified atom stereocenters. The smallest absolute Gasteiger partial charge is 0.262 e. The number of aromatic nitrogens is 2. The monoisotopic (exact) mass is 369 g/mol. The van der Waals surface area contributed by atoms with E-state index in [-0.39, 0.29) is 29.3 Å². The van der Waals surface area contributed by atoms with Gasteiger partial charge in [0.1, 0.15) is 5.76 Å². The van der Waals surface area contributed by atoms with Crippen molar-refractivity contribution in [1.29, 1.82) is 0 Å². The summed E-state index contributed by atoms with van der Waals surface area (Å²) in [5, 5.41) is 4.13. The second kappa shape index (κ2) is 6.99. The van der Waals surface area contributed by atoms with E-state index in [1.807, 2.05) is 31.2 Å². The first kappa shape index (κ1) is 16.9. The number of hydrogen-bond acceptors (Lipinski definition) is 5. The predicted octanol–water partition coefficient (Wildman–Crippen LogP) is 3.29. The van der Waals surface area contributed by atoms with E-state index in [1.165, 1.54) is 11.8 Å². The molecular formula is C19H19N3O3S. The Morgan fingerprint density at radius 2 is 2.15 bits per heavy atom. The van der Waals surface area contributed by atoms with Crippen LogP contribution in [0.2, 0.25) is 0 Å². The summed E-state index contributed by atoms with van der Waals surface area (Å²) in [5.74, 6) is 0.786. The van der Waals surface area contributed by atoms with Gasteiger partial charge in [-0.2, -0.15) is 0 Å². The summed E-state index contributed by atoms with van der Waals surface area (Å²) < 4.78 is 7.05. The van der Waals surface area contributed by atoms with E-state index in [9.17, 15) is 9.59 Å². The highest BCUT2D eigenvalue weighted by Crippen LogP contribution is 2.36. The van der Waals surface area contributed by atoms with E-state index < -0.39 is 0 Å². The summed E-state index contributed by atoms with van der Waals surface area (Å²) in [6.45, 7) is 1.87. The van der Waals surface area contributed by atoms with Crippen LogP contribution in [0, 0.1) is 0 Å². The van der Waals surface area contributed by atoms with Gasteiger partial charge >= 0.3 is 0 Å². The minimum absolute atomic E-state index is 0.0232. The lowest BCUT2D eigenvalue weighted by Crippen LogP contribution is -2.29. The fraction of sp³-hybridized carbons (Fsp3) is 0.316. The Morgan fingerprint density at radius 1 is 1.35 bits per heavy atom. The number of furan rings is 1. The van der Waals surface area contributed by atoms with Gasteiger partial charge in [-0.15, -0.1) is 0 Å². The van der Waals surface area contributed by atoms with E-state index in [2.05, 4.69) is 10.3 Å². The fourth-order valence-electron chi connectivity index (χ4n) is 2.90. The second-order valence-corrected chi connectivity index (χ2v) is 7.35. The first-order valence-electron chi connectivity index (χ1n) is 8.60. The van der Waals surface area contributed by atoms with Gasteiger partial charge in [0.25, 0.3) is 5.56 Å². The van der Waals surface area contributed by atoms with Crippen LogP contribution in [0.4, 0.5) is 0 Å². The quantitative estimate of drug-likeness (QED) is 0.533. The number of nitrogens with zero attached hydrogens (tertiary/aromatic N) is 2. The third-order valence-corrected chi connectivity index (χ3v) is 5.32. The SMILES string of the molecule is C[C@H](NC(=O)CSc1nc2ccccc2c(=O)n1C1CC1)c1ccco1. The highest BCUT2D eigenvalue weighted by molar-refractivity contribution is 7.99. The molecule has 0 saturated heterocycles. The van der Waals surface area contributed by atoms with Crippen molar-refractivity contribution >= 4 is 28.6 Å². The van der Waals surface area contributed by atoms with Gasteiger partial charge in [-0.3, -0.25) is 14.2 Å². The van der Waals surface area contributed by atoms with E-state index in [4.69, 9.17) is 4.42 Å².